The lowest BCUT2D eigenvalue weighted by molar-refractivity contribution is -0.274. The lowest BCUT2D eigenvalue weighted by atomic mass is 10.0. The highest BCUT2D eigenvalue weighted by atomic mass is 19.4. The molecule has 5 heteroatoms. The topological polar surface area (TPSA) is 33.0 Å². The molecule has 1 aromatic carbocycles. The van der Waals surface area contributed by atoms with E-state index in [1.807, 2.05) is 0 Å². The number of nitrogens with zero attached hydrogens (tertiary/aromatic N) is 1. The van der Waals surface area contributed by atoms with Gasteiger partial charge in [-0.2, -0.15) is 5.26 Å². The molecule has 1 aliphatic carbocycles. The van der Waals surface area contributed by atoms with Gasteiger partial charge in [0.1, 0.15) is 11.8 Å². The van der Waals surface area contributed by atoms with E-state index in [1.54, 1.807) is 12.1 Å². The number of hydrogen-bond acceptors (Lipinski definition) is 2. The quantitative estimate of drug-likeness (QED) is 0.823. The van der Waals surface area contributed by atoms with Gasteiger partial charge in [-0.3, -0.25) is 0 Å². The van der Waals surface area contributed by atoms with Crippen molar-refractivity contribution in [3.8, 4) is 11.8 Å². The normalized spacial score (nSPS) is 22.2. The molecule has 1 saturated carbocycles. The van der Waals surface area contributed by atoms with Crippen LogP contribution in [-0.2, 0) is 0 Å². The fraction of sp³-hybridized carbons (Fsp3) is 0.500. The highest BCUT2D eigenvalue weighted by Gasteiger charge is 2.41. The standard InChI is InChI=1S/C14H14F3NO/c1-8(2)11-6-12(11)9-3-4-10(7-18)13(5-9)19-14(15,16)17/h3-5,8,11-12H,6H2,1-2H3/t11-,12-/m1/s1. The summed E-state index contributed by atoms with van der Waals surface area (Å²) in [5.74, 6) is 0.893. The van der Waals surface area contributed by atoms with Crippen molar-refractivity contribution in [2.24, 2.45) is 11.8 Å². The van der Waals surface area contributed by atoms with Crippen molar-refractivity contribution >= 4 is 0 Å². The van der Waals surface area contributed by atoms with Crippen molar-refractivity contribution in [2.45, 2.75) is 32.5 Å². The van der Waals surface area contributed by atoms with Gasteiger partial charge >= 0.3 is 6.36 Å². The van der Waals surface area contributed by atoms with Crippen LogP contribution in [0.15, 0.2) is 18.2 Å². The molecule has 0 spiro atoms. The third kappa shape index (κ3) is 3.19. The Hall–Kier alpha value is -1.70. The number of halogens is 3. The molecule has 0 aliphatic heterocycles. The molecule has 0 bridgehead atoms. The number of hydrogen-bond donors (Lipinski definition) is 0. The lowest BCUT2D eigenvalue weighted by Gasteiger charge is -2.12. The Morgan fingerprint density at radius 2 is 2.05 bits per heavy atom. The molecule has 1 aliphatic rings. The van der Waals surface area contributed by atoms with Crippen LogP contribution in [0.4, 0.5) is 13.2 Å². The molecule has 1 aromatic rings. The fourth-order valence-corrected chi connectivity index (χ4v) is 2.41. The Morgan fingerprint density at radius 1 is 1.37 bits per heavy atom. The maximum absolute atomic E-state index is 12.3. The van der Waals surface area contributed by atoms with Crippen molar-refractivity contribution in [3.63, 3.8) is 0 Å². The van der Waals surface area contributed by atoms with Crippen LogP contribution in [-0.4, -0.2) is 6.36 Å². The zero-order valence-corrected chi connectivity index (χ0v) is 10.7. The molecule has 2 atom stereocenters. The summed E-state index contributed by atoms with van der Waals surface area (Å²) in [4.78, 5) is 0. The first-order chi connectivity index (χ1) is 8.81. The van der Waals surface area contributed by atoms with Gasteiger partial charge in [0.05, 0.1) is 5.56 Å². The summed E-state index contributed by atoms with van der Waals surface area (Å²) in [6, 6.07) is 6.17. The molecule has 2 nitrogen and oxygen atoms in total. The lowest BCUT2D eigenvalue weighted by Crippen LogP contribution is -2.18. The molecule has 2 rings (SSSR count). The smallest absolute Gasteiger partial charge is 0.404 e. The van der Waals surface area contributed by atoms with E-state index in [0.29, 0.717) is 11.8 Å². The van der Waals surface area contributed by atoms with Gasteiger partial charge in [-0.1, -0.05) is 19.9 Å². The molecular weight excluding hydrogens is 255 g/mol. The van der Waals surface area contributed by atoms with Crippen LogP contribution in [0.2, 0.25) is 0 Å². The largest absolute Gasteiger partial charge is 0.573 e. The second kappa shape index (κ2) is 4.76. The molecule has 1 fully saturated rings. The third-order valence-corrected chi connectivity index (χ3v) is 3.48. The number of ether oxygens (including phenoxy) is 1. The molecule has 0 amide bonds. The summed E-state index contributed by atoms with van der Waals surface area (Å²) in [6.45, 7) is 4.20. The molecule has 0 heterocycles. The number of benzene rings is 1. The summed E-state index contributed by atoms with van der Waals surface area (Å²) >= 11 is 0. The molecule has 0 radical (unpaired) electrons. The van der Waals surface area contributed by atoms with E-state index in [9.17, 15) is 13.2 Å². The van der Waals surface area contributed by atoms with Gasteiger partial charge in [0.2, 0.25) is 0 Å². The molecule has 0 unspecified atom stereocenters. The zero-order valence-electron chi connectivity index (χ0n) is 10.7. The average molecular weight is 269 g/mol. The fourth-order valence-electron chi connectivity index (χ4n) is 2.41. The summed E-state index contributed by atoms with van der Waals surface area (Å²) < 4.78 is 40.8. The Morgan fingerprint density at radius 3 is 2.53 bits per heavy atom. The van der Waals surface area contributed by atoms with Gasteiger partial charge in [0.15, 0.2) is 0 Å². The molecule has 19 heavy (non-hydrogen) atoms. The van der Waals surface area contributed by atoms with Crippen LogP contribution in [0, 0.1) is 23.2 Å². The van der Waals surface area contributed by atoms with Gasteiger partial charge in [-0.05, 0) is 41.9 Å². The van der Waals surface area contributed by atoms with Crippen LogP contribution < -0.4 is 4.74 Å². The molecule has 0 saturated heterocycles. The summed E-state index contributed by atoms with van der Waals surface area (Å²) in [5.41, 5.74) is 0.722. The van der Waals surface area contributed by atoms with Crippen molar-refractivity contribution in [2.75, 3.05) is 0 Å². The first-order valence-electron chi connectivity index (χ1n) is 6.11. The molecule has 0 N–H and O–H groups in total. The van der Waals surface area contributed by atoms with Crippen LogP contribution in [0.1, 0.15) is 37.3 Å². The first-order valence-corrected chi connectivity index (χ1v) is 6.11. The van der Waals surface area contributed by atoms with Crippen molar-refractivity contribution in [3.05, 3.63) is 29.3 Å². The van der Waals surface area contributed by atoms with Crippen molar-refractivity contribution < 1.29 is 17.9 Å². The maximum Gasteiger partial charge on any atom is 0.573 e. The Kier molecular flexibility index (Phi) is 3.44. The van der Waals surface area contributed by atoms with Gasteiger partial charge < -0.3 is 4.74 Å². The molecule has 0 aromatic heterocycles. The maximum atomic E-state index is 12.3. The van der Waals surface area contributed by atoms with E-state index in [1.165, 1.54) is 12.1 Å². The summed E-state index contributed by atoms with van der Waals surface area (Å²) in [5, 5.41) is 8.80. The zero-order chi connectivity index (χ0) is 14.2. The van der Waals surface area contributed by atoms with Gasteiger partial charge in [-0.15, -0.1) is 13.2 Å². The minimum Gasteiger partial charge on any atom is -0.404 e. The Labute approximate surface area is 109 Å². The van der Waals surface area contributed by atoms with Crippen LogP contribution >= 0.6 is 0 Å². The average Bonchev–Trinajstić information content (AvgIpc) is 3.06. The van der Waals surface area contributed by atoms with E-state index >= 15 is 0 Å². The number of rotatable bonds is 3. The van der Waals surface area contributed by atoms with Gasteiger partial charge in [0, 0.05) is 0 Å². The van der Waals surface area contributed by atoms with Crippen LogP contribution in [0.5, 0.6) is 5.75 Å². The van der Waals surface area contributed by atoms with Crippen LogP contribution in [0.25, 0.3) is 0 Å². The minimum absolute atomic E-state index is 0.0946. The van der Waals surface area contributed by atoms with E-state index in [-0.39, 0.29) is 11.5 Å². The summed E-state index contributed by atoms with van der Waals surface area (Å²) in [7, 11) is 0. The third-order valence-electron chi connectivity index (χ3n) is 3.48. The highest BCUT2D eigenvalue weighted by molar-refractivity contribution is 5.47. The Balaban J connectivity index is 2.25. The monoisotopic (exact) mass is 269 g/mol. The predicted octanol–water partition coefficient (Wildman–Crippen LogP) is 4.22. The van der Waals surface area contributed by atoms with Crippen molar-refractivity contribution in [1.29, 1.82) is 5.26 Å². The highest BCUT2D eigenvalue weighted by Crippen LogP contribution is 2.52. The Bertz CT molecular complexity index is 516. The van der Waals surface area contributed by atoms with Gasteiger partial charge in [-0.25, -0.2) is 0 Å². The second-order valence-electron chi connectivity index (χ2n) is 5.17. The molecular formula is C14H14F3NO. The van der Waals surface area contributed by atoms with Crippen molar-refractivity contribution in [1.82, 2.24) is 0 Å². The minimum atomic E-state index is -4.77. The predicted molar refractivity (Wildman–Crippen MR) is 63.5 cm³/mol. The summed E-state index contributed by atoms with van der Waals surface area (Å²) in [6.07, 6.45) is -3.79. The van der Waals surface area contributed by atoms with Crippen LogP contribution in [0.3, 0.4) is 0 Å². The number of alkyl halides is 3. The van der Waals surface area contributed by atoms with E-state index in [2.05, 4.69) is 18.6 Å². The first kappa shape index (κ1) is 13.7. The molecule has 102 valence electrons. The van der Waals surface area contributed by atoms with E-state index in [0.717, 1.165) is 12.0 Å². The van der Waals surface area contributed by atoms with Gasteiger partial charge in [0.25, 0.3) is 0 Å². The number of nitriles is 1. The van der Waals surface area contributed by atoms with E-state index < -0.39 is 12.1 Å². The van der Waals surface area contributed by atoms with E-state index in [4.69, 9.17) is 5.26 Å². The SMILES string of the molecule is CC(C)[C@H]1C[C@@H]1c1ccc(C#N)c(OC(F)(F)F)c1. The second-order valence-corrected chi connectivity index (χ2v) is 5.17.